The highest BCUT2D eigenvalue weighted by Gasteiger charge is 2.41. The van der Waals surface area contributed by atoms with Crippen molar-refractivity contribution in [1.29, 1.82) is 0 Å². The quantitative estimate of drug-likeness (QED) is 0.428. The molecule has 34 heavy (non-hydrogen) atoms. The highest BCUT2D eigenvalue weighted by molar-refractivity contribution is 7.89. The first-order valence-electron chi connectivity index (χ1n) is 10.5. The number of fused-ring (bicyclic) bond motifs is 1. The molecule has 1 aliphatic rings. The molecule has 0 aliphatic carbocycles. The second-order valence-corrected chi connectivity index (χ2v) is 9.78. The van der Waals surface area contributed by atoms with E-state index in [1.807, 2.05) is 0 Å². The molecule has 0 unspecified atom stereocenters. The Kier molecular flexibility index (Phi) is 7.18. The number of carbonyl (C=O) groups excluding carboxylic acids is 4. The monoisotopic (exact) mass is 487 g/mol. The number of carbonyl (C=O) groups is 4. The van der Waals surface area contributed by atoms with Gasteiger partial charge in [0, 0.05) is 11.7 Å². The third-order valence-electron chi connectivity index (χ3n) is 5.04. The van der Waals surface area contributed by atoms with Crippen LogP contribution in [0.1, 0.15) is 48.4 Å². The molecule has 10 nitrogen and oxygen atoms in total. The number of imide groups is 1. The van der Waals surface area contributed by atoms with Crippen molar-refractivity contribution in [3.05, 3.63) is 59.7 Å². The Labute approximate surface area is 197 Å². The Balaban J connectivity index is 1.61. The summed E-state index contributed by atoms with van der Waals surface area (Å²) in [6, 6.07) is 10.2. The van der Waals surface area contributed by atoms with Crippen LogP contribution < -0.4 is 10.0 Å². The minimum atomic E-state index is -3.68. The number of nitrogens with zero attached hydrogens (tertiary/aromatic N) is 1. The zero-order valence-corrected chi connectivity index (χ0v) is 19.9. The number of nitrogens with one attached hydrogen (secondary N) is 2. The zero-order chi connectivity index (χ0) is 25.2. The van der Waals surface area contributed by atoms with Gasteiger partial charge in [0.15, 0.2) is 6.10 Å². The van der Waals surface area contributed by atoms with Gasteiger partial charge in [-0.3, -0.25) is 19.3 Å². The molecule has 3 rings (SSSR count). The Hall–Kier alpha value is -3.57. The van der Waals surface area contributed by atoms with Gasteiger partial charge in [0.05, 0.1) is 16.0 Å². The Morgan fingerprint density at radius 3 is 1.91 bits per heavy atom. The van der Waals surface area contributed by atoms with E-state index in [4.69, 9.17) is 4.74 Å². The predicted octanol–water partition coefficient (Wildman–Crippen LogP) is 1.93. The van der Waals surface area contributed by atoms with Crippen molar-refractivity contribution in [2.45, 2.75) is 50.8 Å². The van der Waals surface area contributed by atoms with Crippen LogP contribution in [0.3, 0.4) is 0 Å². The average molecular weight is 488 g/mol. The summed E-state index contributed by atoms with van der Waals surface area (Å²) in [4.78, 5) is 50.9. The third kappa shape index (κ3) is 5.15. The maximum Gasteiger partial charge on any atom is 0.329 e. The van der Waals surface area contributed by atoms with Crippen LogP contribution in [0.2, 0.25) is 0 Å². The lowest BCUT2D eigenvalue weighted by Crippen LogP contribution is -2.45. The molecular weight excluding hydrogens is 462 g/mol. The SMILES string of the molecule is CC(C)NS(=O)(=O)c1ccc(NC(=O)[C@H](C)OC(=O)[C@@H](C)N2C(=O)c3ccccc3C2=O)cc1. The average Bonchev–Trinajstić information content (AvgIpc) is 3.03. The maximum absolute atomic E-state index is 12.6. The molecule has 0 spiro atoms. The van der Waals surface area contributed by atoms with E-state index in [9.17, 15) is 27.6 Å². The summed E-state index contributed by atoms with van der Waals surface area (Å²) >= 11 is 0. The molecule has 0 fully saturated rings. The highest BCUT2D eigenvalue weighted by atomic mass is 32.2. The smallest absolute Gasteiger partial charge is 0.329 e. The van der Waals surface area contributed by atoms with E-state index in [0.29, 0.717) is 5.69 Å². The van der Waals surface area contributed by atoms with Crippen LogP contribution in [0, 0.1) is 0 Å². The number of esters is 1. The molecule has 2 aromatic carbocycles. The number of amides is 3. The summed E-state index contributed by atoms with van der Waals surface area (Å²) in [5.74, 6) is -2.80. The molecule has 0 saturated carbocycles. The molecule has 3 amide bonds. The maximum atomic E-state index is 12.6. The number of hydrogen-bond acceptors (Lipinski definition) is 7. The van der Waals surface area contributed by atoms with Gasteiger partial charge in [-0.05, 0) is 64.1 Å². The lowest BCUT2D eigenvalue weighted by molar-refractivity contribution is -0.156. The van der Waals surface area contributed by atoms with Gasteiger partial charge in [-0.15, -0.1) is 0 Å². The summed E-state index contributed by atoms with van der Waals surface area (Å²) in [5.41, 5.74) is 0.698. The molecule has 0 saturated heterocycles. The molecule has 0 radical (unpaired) electrons. The number of anilines is 1. The molecule has 2 atom stereocenters. The molecule has 0 aromatic heterocycles. The van der Waals surface area contributed by atoms with Gasteiger partial charge in [0.2, 0.25) is 10.0 Å². The van der Waals surface area contributed by atoms with Crippen LogP contribution in [0.4, 0.5) is 5.69 Å². The normalized spacial score (nSPS) is 15.1. The van der Waals surface area contributed by atoms with Crippen molar-refractivity contribution >= 4 is 39.4 Å². The summed E-state index contributed by atoms with van der Waals surface area (Å²) in [5, 5.41) is 2.53. The van der Waals surface area contributed by atoms with Gasteiger partial charge in [-0.25, -0.2) is 17.9 Å². The Morgan fingerprint density at radius 2 is 1.41 bits per heavy atom. The molecule has 2 aromatic rings. The fourth-order valence-corrected chi connectivity index (χ4v) is 4.58. The van der Waals surface area contributed by atoms with Gasteiger partial charge < -0.3 is 10.1 Å². The first-order valence-corrected chi connectivity index (χ1v) is 12.0. The fraction of sp³-hybridized carbons (Fsp3) is 0.304. The van der Waals surface area contributed by atoms with Crippen LogP contribution in [0.15, 0.2) is 53.4 Å². The van der Waals surface area contributed by atoms with E-state index in [2.05, 4.69) is 10.0 Å². The van der Waals surface area contributed by atoms with Gasteiger partial charge in [-0.1, -0.05) is 12.1 Å². The molecule has 0 bridgehead atoms. The first-order chi connectivity index (χ1) is 15.9. The van der Waals surface area contributed by atoms with Crippen LogP contribution in [-0.2, 0) is 24.3 Å². The number of sulfonamides is 1. The van der Waals surface area contributed by atoms with Crippen molar-refractivity contribution in [3.63, 3.8) is 0 Å². The molecule has 1 aliphatic heterocycles. The van der Waals surface area contributed by atoms with Crippen LogP contribution in [0.5, 0.6) is 0 Å². The summed E-state index contributed by atoms with van der Waals surface area (Å²) in [6.07, 6.45) is -1.24. The summed E-state index contributed by atoms with van der Waals surface area (Å²) < 4.78 is 32.0. The number of benzene rings is 2. The Bertz CT molecular complexity index is 1200. The minimum absolute atomic E-state index is 0.0356. The van der Waals surface area contributed by atoms with Crippen LogP contribution in [0.25, 0.3) is 0 Å². The van der Waals surface area contributed by atoms with E-state index in [0.717, 1.165) is 4.90 Å². The lowest BCUT2D eigenvalue weighted by Gasteiger charge is -2.22. The topological polar surface area (TPSA) is 139 Å². The van der Waals surface area contributed by atoms with Crippen LogP contribution in [-0.4, -0.2) is 55.2 Å². The van der Waals surface area contributed by atoms with Crippen molar-refractivity contribution in [2.24, 2.45) is 0 Å². The molecule has 180 valence electrons. The zero-order valence-electron chi connectivity index (χ0n) is 19.1. The standard InChI is InChI=1S/C23H25N3O7S/c1-13(2)25-34(31,32)17-11-9-16(10-12-17)24-20(27)15(4)33-23(30)14(3)26-21(28)18-7-5-6-8-19(18)22(26)29/h5-15,25H,1-4H3,(H,24,27)/t14-,15+/m1/s1. The third-order valence-corrected chi connectivity index (χ3v) is 6.71. The van der Waals surface area contributed by atoms with E-state index >= 15 is 0 Å². The molecule has 2 N–H and O–H groups in total. The van der Waals surface area contributed by atoms with Crippen molar-refractivity contribution in [1.82, 2.24) is 9.62 Å². The van der Waals surface area contributed by atoms with Gasteiger partial charge >= 0.3 is 5.97 Å². The second kappa shape index (κ2) is 9.74. The van der Waals surface area contributed by atoms with Crippen molar-refractivity contribution in [2.75, 3.05) is 5.32 Å². The number of ether oxygens (including phenoxy) is 1. The highest BCUT2D eigenvalue weighted by Crippen LogP contribution is 2.25. The van der Waals surface area contributed by atoms with Crippen LogP contribution >= 0.6 is 0 Å². The summed E-state index contributed by atoms with van der Waals surface area (Å²) in [7, 11) is -3.68. The molecular formula is C23H25N3O7S. The van der Waals surface area contributed by atoms with Gasteiger partial charge in [-0.2, -0.15) is 0 Å². The number of rotatable bonds is 8. The lowest BCUT2D eigenvalue weighted by atomic mass is 10.1. The van der Waals surface area contributed by atoms with Gasteiger partial charge in [0.1, 0.15) is 6.04 Å². The van der Waals surface area contributed by atoms with Gasteiger partial charge in [0.25, 0.3) is 17.7 Å². The van der Waals surface area contributed by atoms with Crippen molar-refractivity contribution in [3.8, 4) is 0 Å². The summed E-state index contributed by atoms with van der Waals surface area (Å²) in [6.45, 7) is 6.08. The second-order valence-electron chi connectivity index (χ2n) is 8.07. The van der Waals surface area contributed by atoms with E-state index < -0.39 is 45.9 Å². The first kappa shape index (κ1) is 25.1. The van der Waals surface area contributed by atoms with E-state index in [-0.39, 0.29) is 22.1 Å². The fourth-order valence-electron chi connectivity index (χ4n) is 3.33. The van der Waals surface area contributed by atoms with E-state index in [1.165, 1.54) is 50.2 Å². The predicted molar refractivity (Wildman–Crippen MR) is 122 cm³/mol. The minimum Gasteiger partial charge on any atom is -0.451 e. The molecule has 1 heterocycles. The van der Waals surface area contributed by atoms with Crippen molar-refractivity contribution < 1.29 is 32.3 Å². The van der Waals surface area contributed by atoms with E-state index in [1.54, 1.807) is 26.0 Å². The largest absolute Gasteiger partial charge is 0.451 e. The molecule has 11 heteroatoms. The number of hydrogen-bond donors (Lipinski definition) is 2. The Morgan fingerprint density at radius 1 is 0.882 bits per heavy atom.